The second kappa shape index (κ2) is 8.05. The van der Waals surface area contributed by atoms with Gasteiger partial charge in [-0.2, -0.15) is 0 Å². The molecule has 4 aliphatic rings. The lowest BCUT2D eigenvalue weighted by atomic mass is 9.47. The van der Waals surface area contributed by atoms with E-state index in [9.17, 15) is 4.79 Å². The third-order valence-corrected chi connectivity index (χ3v) is 15.6. The van der Waals surface area contributed by atoms with Crippen molar-refractivity contribution in [3.63, 3.8) is 0 Å². The van der Waals surface area contributed by atoms with E-state index in [0.29, 0.717) is 29.1 Å². The summed E-state index contributed by atoms with van der Waals surface area (Å²) in [5, 5.41) is 0.265. The largest absolute Gasteiger partial charge is 0.414 e. The second-order valence-corrected chi connectivity index (χ2v) is 18.4. The molecule has 4 aliphatic carbocycles. The minimum absolute atomic E-state index is 0.0744. The molecule has 8 atom stereocenters. The summed E-state index contributed by atoms with van der Waals surface area (Å²) in [6.45, 7) is 18.6. The van der Waals surface area contributed by atoms with E-state index in [1.807, 2.05) is 7.11 Å². The highest BCUT2D eigenvalue weighted by Crippen LogP contribution is 2.66. The first-order valence-corrected chi connectivity index (χ1v) is 16.1. The van der Waals surface area contributed by atoms with Gasteiger partial charge < -0.3 is 9.16 Å². The Balaban J connectivity index is 1.56. The zero-order chi connectivity index (χ0) is 23.7. The Bertz CT molecular complexity index is 780. The Hall–Kier alpha value is -0.453. The monoisotopic (exact) mass is 460 g/mol. The van der Waals surface area contributed by atoms with Gasteiger partial charge in [0, 0.05) is 19.1 Å². The summed E-state index contributed by atoms with van der Waals surface area (Å²) in [7, 11) is 0.0694. The van der Waals surface area contributed by atoms with Crippen molar-refractivity contribution in [1.29, 1.82) is 0 Å². The summed E-state index contributed by atoms with van der Waals surface area (Å²) in [6.07, 6.45) is 11.4. The van der Waals surface area contributed by atoms with Crippen molar-refractivity contribution >= 4 is 14.1 Å². The fraction of sp³-hybridized carbons (Fsp3) is 0.893. The zero-order valence-electron chi connectivity index (χ0n) is 22.2. The molecule has 4 rings (SSSR count). The standard InChI is InChI=1S/C28H48O3Si/c1-18(29)25-24(30-7)17-23-21-11-10-19-16-20(31-32(8,9)26(2,3)4)12-14-27(19,5)22(21)13-15-28(23,25)6/h10,20-25H,11-17H2,1-9H3/t20-,21+,22+,23+,24+,25-,27-,28-/m0/s1. The molecule has 0 aromatic carbocycles. The van der Waals surface area contributed by atoms with Gasteiger partial charge >= 0.3 is 0 Å². The molecule has 3 fully saturated rings. The molecule has 0 saturated heterocycles. The van der Waals surface area contributed by atoms with Gasteiger partial charge in [-0.15, -0.1) is 0 Å². The Morgan fingerprint density at radius 1 is 1.12 bits per heavy atom. The average Bonchev–Trinajstić information content (AvgIpc) is 2.99. The lowest BCUT2D eigenvalue weighted by Gasteiger charge is -2.58. The maximum Gasteiger partial charge on any atom is 0.192 e. The SMILES string of the molecule is CO[C@@H]1C[C@@H]2[C@@H]3CC=C4C[C@@H](O[Si](C)(C)C(C)(C)C)CC[C@]4(C)[C@@H]3CC[C@]2(C)[C@H]1C(C)=O. The van der Waals surface area contributed by atoms with E-state index in [2.05, 4.69) is 53.8 Å². The number of fused-ring (bicyclic) bond motifs is 5. The van der Waals surface area contributed by atoms with E-state index in [4.69, 9.17) is 9.16 Å². The summed E-state index contributed by atoms with van der Waals surface area (Å²) < 4.78 is 12.8. The Labute approximate surface area is 198 Å². The van der Waals surface area contributed by atoms with Gasteiger partial charge in [0.2, 0.25) is 0 Å². The van der Waals surface area contributed by atoms with Gasteiger partial charge in [0.25, 0.3) is 0 Å². The number of allylic oxidation sites excluding steroid dienone is 1. The van der Waals surface area contributed by atoms with Gasteiger partial charge in [0.15, 0.2) is 8.32 Å². The number of rotatable bonds is 4. The molecule has 0 bridgehead atoms. The lowest BCUT2D eigenvalue weighted by Crippen LogP contribution is -2.52. The van der Waals surface area contributed by atoms with Crippen molar-refractivity contribution < 1.29 is 14.0 Å². The van der Waals surface area contributed by atoms with Crippen LogP contribution in [0.25, 0.3) is 0 Å². The van der Waals surface area contributed by atoms with Crippen molar-refractivity contribution in [2.45, 2.75) is 117 Å². The predicted molar refractivity (Wildman–Crippen MR) is 134 cm³/mol. The minimum atomic E-state index is -1.74. The molecule has 0 aliphatic heterocycles. The minimum Gasteiger partial charge on any atom is -0.414 e. The Morgan fingerprint density at radius 2 is 1.81 bits per heavy atom. The fourth-order valence-electron chi connectivity index (χ4n) is 8.27. The first kappa shape index (κ1) is 24.7. The zero-order valence-corrected chi connectivity index (χ0v) is 23.2. The number of ether oxygens (including phenoxy) is 1. The number of ketones is 1. The molecule has 4 heteroatoms. The number of hydrogen-bond donors (Lipinski definition) is 0. The van der Waals surface area contributed by atoms with Crippen LogP contribution < -0.4 is 0 Å². The van der Waals surface area contributed by atoms with Crippen LogP contribution >= 0.6 is 0 Å². The van der Waals surface area contributed by atoms with Crippen LogP contribution in [-0.2, 0) is 14.0 Å². The number of carbonyl (C=O) groups is 1. The maximum absolute atomic E-state index is 12.6. The van der Waals surface area contributed by atoms with Crippen LogP contribution in [0.3, 0.4) is 0 Å². The molecule has 0 aromatic rings. The van der Waals surface area contributed by atoms with E-state index in [0.717, 1.165) is 18.8 Å². The van der Waals surface area contributed by atoms with Gasteiger partial charge in [0.05, 0.1) is 6.10 Å². The number of carbonyl (C=O) groups excluding carboxylic acids is 1. The summed E-state index contributed by atoms with van der Waals surface area (Å²) >= 11 is 0. The molecule has 3 nitrogen and oxygen atoms in total. The first-order valence-electron chi connectivity index (χ1n) is 13.1. The van der Waals surface area contributed by atoms with Crippen molar-refractivity contribution in [2.75, 3.05) is 7.11 Å². The van der Waals surface area contributed by atoms with Crippen LogP contribution in [0.2, 0.25) is 18.1 Å². The van der Waals surface area contributed by atoms with E-state index in [1.165, 1.54) is 32.1 Å². The normalized spacial score (nSPS) is 44.3. The molecule has 0 spiro atoms. The smallest absolute Gasteiger partial charge is 0.192 e. The van der Waals surface area contributed by atoms with Gasteiger partial charge in [0.1, 0.15) is 5.78 Å². The predicted octanol–water partition coefficient (Wildman–Crippen LogP) is 7.17. The molecule has 182 valence electrons. The van der Waals surface area contributed by atoms with Crippen LogP contribution in [0, 0.1) is 34.5 Å². The van der Waals surface area contributed by atoms with E-state index in [1.54, 1.807) is 12.5 Å². The summed E-state index contributed by atoms with van der Waals surface area (Å²) in [5.74, 6) is 2.46. The van der Waals surface area contributed by atoms with Gasteiger partial charge in [-0.1, -0.05) is 46.3 Å². The van der Waals surface area contributed by atoms with Crippen molar-refractivity contribution in [3.05, 3.63) is 11.6 Å². The Morgan fingerprint density at radius 3 is 2.41 bits per heavy atom. The number of methoxy groups -OCH3 is 1. The summed E-state index contributed by atoms with van der Waals surface area (Å²) in [5.41, 5.74) is 2.11. The summed E-state index contributed by atoms with van der Waals surface area (Å²) in [4.78, 5) is 12.6. The number of Topliss-reactive ketones (excluding diaryl/α,β-unsaturated/α-hetero) is 1. The Kier molecular flexibility index (Phi) is 6.21. The van der Waals surface area contributed by atoms with Crippen LogP contribution in [0.4, 0.5) is 0 Å². The highest BCUT2D eigenvalue weighted by molar-refractivity contribution is 6.74. The molecule has 0 N–H and O–H groups in total. The van der Waals surface area contributed by atoms with Crippen LogP contribution in [0.1, 0.15) is 86.5 Å². The molecule has 0 amide bonds. The first-order chi connectivity index (χ1) is 14.7. The van der Waals surface area contributed by atoms with E-state index >= 15 is 0 Å². The molecular weight excluding hydrogens is 412 g/mol. The average molecular weight is 461 g/mol. The van der Waals surface area contributed by atoms with Gasteiger partial charge in [-0.05, 0) is 98.6 Å². The molecule has 32 heavy (non-hydrogen) atoms. The van der Waals surface area contributed by atoms with Crippen molar-refractivity contribution in [3.8, 4) is 0 Å². The second-order valence-electron chi connectivity index (χ2n) is 13.6. The lowest BCUT2D eigenvalue weighted by molar-refractivity contribution is -0.131. The highest BCUT2D eigenvalue weighted by atomic mass is 28.4. The summed E-state index contributed by atoms with van der Waals surface area (Å²) in [6, 6.07) is 0. The van der Waals surface area contributed by atoms with Gasteiger partial charge in [-0.25, -0.2) is 0 Å². The van der Waals surface area contributed by atoms with E-state index < -0.39 is 8.32 Å². The molecule has 0 aromatic heterocycles. The molecule has 0 heterocycles. The molecular formula is C28H48O3Si. The van der Waals surface area contributed by atoms with Crippen molar-refractivity contribution in [1.82, 2.24) is 0 Å². The maximum atomic E-state index is 12.6. The van der Waals surface area contributed by atoms with Crippen molar-refractivity contribution in [2.24, 2.45) is 34.5 Å². The third-order valence-electron chi connectivity index (χ3n) is 11.1. The van der Waals surface area contributed by atoms with E-state index in [-0.39, 0.29) is 22.5 Å². The van der Waals surface area contributed by atoms with Crippen LogP contribution in [0.5, 0.6) is 0 Å². The highest BCUT2D eigenvalue weighted by Gasteiger charge is 2.62. The van der Waals surface area contributed by atoms with Crippen LogP contribution in [-0.4, -0.2) is 33.4 Å². The quantitative estimate of drug-likeness (QED) is 0.329. The number of hydrogen-bond acceptors (Lipinski definition) is 3. The molecule has 0 unspecified atom stereocenters. The van der Waals surface area contributed by atoms with Crippen LogP contribution in [0.15, 0.2) is 11.6 Å². The fourth-order valence-corrected chi connectivity index (χ4v) is 9.66. The molecule has 3 saturated carbocycles. The molecule has 0 radical (unpaired) electrons. The van der Waals surface area contributed by atoms with Gasteiger partial charge in [-0.3, -0.25) is 4.79 Å². The topological polar surface area (TPSA) is 35.5 Å². The third kappa shape index (κ3) is 3.71.